The number of carbonyl (C=O) groups excluding carboxylic acids is 2. The highest BCUT2D eigenvalue weighted by atomic mass is 35.5. The summed E-state index contributed by atoms with van der Waals surface area (Å²) in [4.78, 5) is 35.1. The van der Waals surface area contributed by atoms with Crippen LogP contribution in [0.4, 0.5) is 4.79 Å². The second-order valence-corrected chi connectivity index (χ2v) is 14.0. The van der Waals surface area contributed by atoms with Gasteiger partial charge in [0.15, 0.2) is 9.84 Å². The van der Waals surface area contributed by atoms with Crippen molar-refractivity contribution in [3.8, 4) is 5.75 Å². The van der Waals surface area contributed by atoms with Crippen molar-refractivity contribution in [2.24, 2.45) is 4.99 Å². The smallest absolute Gasteiger partial charge is 0.327 e. The molecule has 0 bridgehead atoms. The van der Waals surface area contributed by atoms with Gasteiger partial charge in [0.2, 0.25) is 5.91 Å². The lowest BCUT2D eigenvalue weighted by Crippen LogP contribution is -2.61. The number of benzene rings is 3. The van der Waals surface area contributed by atoms with E-state index in [1.54, 1.807) is 24.3 Å². The summed E-state index contributed by atoms with van der Waals surface area (Å²) in [6, 6.07) is 16.5. The summed E-state index contributed by atoms with van der Waals surface area (Å²) in [6.45, 7) is 4.14. The average molecular weight is 664 g/mol. The van der Waals surface area contributed by atoms with Crippen molar-refractivity contribution in [3.63, 3.8) is 0 Å². The molecule has 0 aromatic heterocycles. The van der Waals surface area contributed by atoms with Crippen LogP contribution in [0.3, 0.4) is 0 Å². The predicted molar refractivity (Wildman–Crippen MR) is 167 cm³/mol. The number of hydrogen-bond acceptors (Lipinski definition) is 6. The summed E-state index contributed by atoms with van der Waals surface area (Å²) in [5.74, 6) is 0.0582. The zero-order valence-electron chi connectivity index (χ0n) is 23.8. The van der Waals surface area contributed by atoms with Crippen LogP contribution in [0.5, 0.6) is 5.75 Å². The fourth-order valence-electron chi connectivity index (χ4n) is 5.67. The van der Waals surface area contributed by atoms with E-state index in [9.17, 15) is 18.0 Å². The number of piperazine rings is 1. The number of nitrogens with zero attached hydrogens (tertiary/aromatic N) is 3. The number of urea groups is 1. The zero-order valence-corrected chi connectivity index (χ0v) is 26.9. The van der Waals surface area contributed by atoms with E-state index in [1.807, 2.05) is 38.1 Å². The number of amidine groups is 1. The summed E-state index contributed by atoms with van der Waals surface area (Å²) in [7, 11) is -2.37. The number of methoxy groups -OCH3 is 1. The Kier molecular flexibility index (Phi) is 8.19. The molecule has 0 unspecified atom stereocenters. The summed E-state index contributed by atoms with van der Waals surface area (Å²) in [5, 5.41) is 3.73. The molecule has 2 heterocycles. The lowest BCUT2D eigenvalue weighted by molar-refractivity contribution is -0.123. The van der Waals surface area contributed by atoms with Crippen molar-refractivity contribution in [3.05, 3.63) is 92.4 Å². The van der Waals surface area contributed by atoms with Crippen LogP contribution in [0.2, 0.25) is 15.1 Å². The second kappa shape index (κ2) is 11.3. The van der Waals surface area contributed by atoms with Crippen molar-refractivity contribution in [1.82, 2.24) is 15.1 Å². The molecule has 2 aliphatic heterocycles. The monoisotopic (exact) mass is 662 g/mol. The maximum absolute atomic E-state index is 14.7. The fraction of sp³-hybridized carbons (Fsp3) is 0.300. The summed E-state index contributed by atoms with van der Waals surface area (Å²) >= 11 is 18.9. The standard InChI is InChI=1S/C30H29Cl3N4O5S/c1-29(18-5-9-20(31)10-6-18)30(2,19-7-11-21(32)12-8-19)37(28(39)36-14-13-34-26(38)17-36)27(35-29)22-15-25(43(4,40)41)23(33)16-24(22)42-3/h5-12,15-16H,13-14,17H2,1-4H3,(H,34,38)/t29-,30+/m0/s1. The Labute approximate surface area is 265 Å². The Balaban J connectivity index is 1.86. The minimum absolute atomic E-state index is 0.0341. The maximum Gasteiger partial charge on any atom is 0.327 e. The van der Waals surface area contributed by atoms with E-state index in [1.165, 1.54) is 29.0 Å². The van der Waals surface area contributed by atoms with Gasteiger partial charge in [-0.05, 0) is 55.3 Å². The molecule has 3 aromatic carbocycles. The number of amides is 3. The Morgan fingerprint density at radius 1 is 0.977 bits per heavy atom. The van der Waals surface area contributed by atoms with Gasteiger partial charge < -0.3 is 15.0 Å². The normalized spacial score (nSPS) is 22.3. The number of hydrogen-bond donors (Lipinski definition) is 1. The molecular formula is C30H29Cl3N4O5S. The van der Waals surface area contributed by atoms with E-state index in [2.05, 4.69) is 5.32 Å². The third-order valence-electron chi connectivity index (χ3n) is 8.14. The Bertz CT molecular complexity index is 1750. The van der Waals surface area contributed by atoms with Crippen LogP contribution in [0.15, 0.2) is 70.6 Å². The first-order valence-electron chi connectivity index (χ1n) is 13.3. The molecule has 0 aliphatic carbocycles. The molecular weight excluding hydrogens is 635 g/mol. The molecule has 3 aromatic rings. The molecule has 1 fully saturated rings. The fourth-order valence-corrected chi connectivity index (χ4v) is 7.24. The van der Waals surface area contributed by atoms with Crippen LogP contribution in [0.25, 0.3) is 0 Å². The van der Waals surface area contributed by atoms with E-state index in [4.69, 9.17) is 44.5 Å². The maximum atomic E-state index is 14.7. The van der Waals surface area contributed by atoms with Gasteiger partial charge in [-0.25, -0.2) is 13.2 Å². The summed E-state index contributed by atoms with van der Waals surface area (Å²) in [5.41, 5.74) is -0.736. The molecule has 9 nitrogen and oxygen atoms in total. The van der Waals surface area contributed by atoms with Crippen LogP contribution >= 0.6 is 34.8 Å². The molecule has 0 radical (unpaired) electrons. The third kappa shape index (κ3) is 5.35. The number of rotatable bonds is 5. The van der Waals surface area contributed by atoms with Crippen LogP contribution in [-0.4, -0.2) is 69.0 Å². The van der Waals surface area contributed by atoms with Gasteiger partial charge in [0.1, 0.15) is 29.2 Å². The SMILES string of the molecule is COc1cc(Cl)c(S(C)(=O)=O)cc1C1=N[C@@](C)(c2ccc(Cl)cc2)[C@@](C)(c2ccc(Cl)cc2)N1C(=O)N1CCNC(=O)C1. The molecule has 0 saturated carbocycles. The first-order valence-corrected chi connectivity index (χ1v) is 16.3. The van der Waals surface area contributed by atoms with Crippen LogP contribution < -0.4 is 10.1 Å². The minimum Gasteiger partial charge on any atom is -0.496 e. The molecule has 5 rings (SSSR count). The number of carbonyl (C=O) groups is 2. The van der Waals surface area contributed by atoms with Crippen LogP contribution in [0.1, 0.15) is 30.5 Å². The van der Waals surface area contributed by atoms with Crippen molar-refractivity contribution < 1.29 is 22.7 Å². The van der Waals surface area contributed by atoms with Gasteiger partial charge in [0.25, 0.3) is 0 Å². The van der Waals surface area contributed by atoms with Gasteiger partial charge in [0, 0.05) is 35.5 Å². The molecule has 13 heteroatoms. The van der Waals surface area contributed by atoms with Gasteiger partial charge in [-0.1, -0.05) is 59.1 Å². The molecule has 3 amide bonds. The molecule has 1 saturated heterocycles. The van der Waals surface area contributed by atoms with Crippen molar-refractivity contribution in [2.45, 2.75) is 29.8 Å². The first kappa shape index (κ1) is 31.1. The Morgan fingerprint density at radius 3 is 2.09 bits per heavy atom. The molecule has 1 N–H and O–H groups in total. The minimum atomic E-state index is -3.79. The highest BCUT2D eigenvalue weighted by Crippen LogP contribution is 2.54. The largest absolute Gasteiger partial charge is 0.496 e. The lowest BCUT2D eigenvalue weighted by atomic mass is 9.71. The van der Waals surface area contributed by atoms with Crippen molar-refractivity contribution in [1.29, 1.82) is 0 Å². The van der Waals surface area contributed by atoms with Gasteiger partial charge in [-0.3, -0.25) is 14.7 Å². The molecule has 43 heavy (non-hydrogen) atoms. The molecule has 0 spiro atoms. The average Bonchev–Trinajstić information content (AvgIpc) is 3.20. The molecule has 226 valence electrons. The molecule has 2 atom stereocenters. The van der Waals surface area contributed by atoms with E-state index in [0.29, 0.717) is 15.6 Å². The number of aliphatic imine (C=N–C) groups is 1. The van der Waals surface area contributed by atoms with Gasteiger partial charge in [-0.15, -0.1) is 0 Å². The van der Waals surface area contributed by atoms with Crippen LogP contribution in [-0.2, 0) is 25.7 Å². The topological polar surface area (TPSA) is 108 Å². The quantitative estimate of drug-likeness (QED) is 0.388. The van der Waals surface area contributed by atoms with Crippen molar-refractivity contribution in [2.75, 3.05) is 33.0 Å². The van der Waals surface area contributed by atoms with Gasteiger partial charge in [-0.2, -0.15) is 0 Å². The summed E-state index contributed by atoms with van der Waals surface area (Å²) in [6.07, 6.45) is 1.05. The second-order valence-electron chi connectivity index (χ2n) is 10.7. The summed E-state index contributed by atoms with van der Waals surface area (Å²) < 4.78 is 31.2. The van der Waals surface area contributed by atoms with Gasteiger partial charge in [0.05, 0.1) is 22.6 Å². The highest BCUT2D eigenvalue weighted by Gasteiger charge is 2.60. The highest BCUT2D eigenvalue weighted by molar-refractivity contribution is 7.90. The Morgan fingerprint density at radius 2 is 1.56 bits per heavy atom. The van der Waals surface area contributed by atoms with E-state index in [-0.39, 0.29) is 52.6 Å². The number of halogens is 3. The van der Waals surface area contributed by atoms with Gasteiger partial charge >= 0.3 is 6.03 Å². The molecule has 2 aliphatic rings. The number of ether oxygens (including phenoxy) is 1. The van der Waals surface area contributed by atoms with E-state index >= 15 is 0 Å². The van der Waals surface area contributed by atoms with E-state index in [0.717, 1.165) is 11.8 Å². The van der Waals surface area contributed by atoms with E-state index < -0.39 is 26.9 Å². The lowest BCUT2D eigenvalue weighted by Gasteiger charge is -2.46. The van der Waals surface area contributed by atoms with Crippen molar-refractivity contribution >= 4 is 62.4 Å². The predicted octanol–water partition coefficient (Wildman–Crippen LogP) is 5.50. The van der Waals surface area contributed by atoms with Crippen LogP contribution in [0, 0.1) is 0 Å². The zero-order chi connectivity index (χ0) is 31.3. The number of sulfone groups is 1. The third-order valence-corrected chi connectivity index (χ3v) is 10.2. The first-order chi connectivity index (χ1) is 20.2. The Hall–Kier alpha value is -3.31. The number of nitrogens with one attached hydrogen (secondary N) is 1.